The SMILES string of the molecule is CN[C@H](C(=O)N[C@@H](C)C(=O)Nc1ccc(COC(=O)N2c3cc(OCCCCCOc4cc5c(cc4OC)C(=O)N4C=C(C)C[C@H]4C=N5)c(OC)cc3C(=O)N3C=C(C)C[C@H]3[C@@H]2O)cc1)C(C)C. The number of carbonyl (C=O) groups is 5. The van der Waals surface area contributed by atoms with Gasteiger partial charge >= 0.3 is 6.09 Å². The number of methoxy groups -OCH3 is 2. The van der Waals surface area contributed by atoms with Crippen molar-refractivity contribution in [1.82, 2.24) is 20.4 Å². The number of nitrogens with one attached hydrogen (secondary N) is 3. The molecule has 0 radical (unpaired) electrons. The molecule has 0 fully saturated rings. The van der Waals surface area contributed by atoms with Gasteiger partial charge in [-0.2, -0.15) is 0 Å². The number of nitrogens with zero attached hydrogens (tertiary/aromatic N) is 4. The third-order valence-corrected chi connectivity index (χ3v) is 12.3. The molecule has 18 heteroatoms. The van der Waals surface area contributed by atoms with E-state index in [-0.39, 0.29) is 59.7 Å². The van der Waals surface area contributed by atoms with Crippen molar-refractivity contribution < 1.29 is 52.8 Å². The Morgan fingerprint density at radius 3 is 2.06 bits per heavy atom. The van der Waals surface area contributed by atoms with E-state index < -0.39 is 42.3 Å². The van der Waals surface area contributed by atoms with E-state index in [4.69, 9.17) is 23.7 Å². The Hall–Kier alpha value is -6.92. The van der Waals surface area contributed by atoms with Crippen molar-refractivity contribution >= 4 is 53.0 Å². The van der Waals surface area contributed by atoms with E-state index in [0.717, 1.165) is 28.9 Å². The third kappa shape index (κ3) is 10.6. The lowest BCUT2D eigenvalue weighted by molar-refractivity contribution is -0.128. The number of aliphatic imine (C=N–C) groups is 1. The van der Waals surface area contributed by atoms with E-state index in [1.54, 1.807) is 67.7 Å². The van der Waals surface area contributed by atoms with Gasteiger partial charge in [0.2, 0.25) is 11.8 Å². The second-order valence-electron chi connectivity index (χ2n) is 17.8. The quantitative estimate of drug-likeness (QED) is 0.102. The zero-order chi connectivity index (χ0) is 48.8. The summed E-state index contributed by atoms with van der Waals surface area (Å²) < 4.78 is 29.3. The summed E-state index contributed by atoms with van der Waals surface area (Å²) in [6, 6.07) is 11.0. The second-order valence-corrected chi connectivity index (χ2v) is 17.8. The van der Waals surface area contributed by atoms with Crippen molar-refractivity contribution in [2.75, 3.05) is 44.7 Å². The molecule has 4 aliphatic heterocycles. The van der Waals surface area contributed by atoms with Crippen LogP contribution in [0.4, 0.5) is 21.9 Å². The van der Waals surface area contributed by atoms with Crippen LogP contribution >= 0.6 is 0 Å². The van der Waals surface area contributed by atoms with Crippen LogP contribution in [0, 0.1) is 5.92 Å². The van der Waals surface area contributed by atoms with Crippen molar-refractivity contribution in [2.45, 2.75) is 104 Å². The first kappa shape index (κ1) is 49.0. The lowest BCUT2D eigenvalue weighted by Gasteiger charge is -2.31. The summed E-state index contributed by atoms with van der Waals surface area (Å²) in [6.45, 7) is 9.70. The van der Waals surface area contributed by atoms with Crippen molar-refractivity contribution in [1.29, 1.82) is 0 Å². The van der Waals surface area contributed by atoms with Gasteiger partial charge in [-0.1, -0.05) is 37.1 Å². The maximum atomic E-state index is 14.1. The average molecular weight is 936 g/mol. The minimum atomic E-state index is -1.48. The lowest BCUT2D eigenvalue weighted by atomic mass is 10.0. The molecule has 68 heavy (non-hydrogen) atoms. The molecule has 7 rings (SSSR count). The summed E-state index contributed by atoms with van der Waals surface area (Å²) in [5.41, 5.74) is 4.21. The van der Waals surface area contributed by atoms with Crippen LogP contribution < -0.4 is 39.8 Å². The highest BCUT2D eigenvalue weighted by Crippen LogP contribution is 2.43. The molecule has 0 aromatic heterocycles. The van der Waals surface area contributed by atoms with Gasteiger partial charge in [-0.3, -0.25) is 24.2 Å². The van der Waals surface area contributed by atoms with Gasteiger partial charge in [-0.15, -0.1) is 0 Å². The number of benzene rings is 3. The smallest absolute Gasteiger partial charge is 0.416 e. The average Bonchev–Trinajstić information content (AvgIpc) is 3.86. The molecule has 0 saturated carbocycles. The molecule has 4 N–H and O–H groups in total. The van der Waals surface area contributed by atoms with Crippen molar-refractivity contribution in [2.24, 2.45) is 10.9 Å². The largest absolute Gasteiger partial charge is 0.493 e. The minimum Gasteiger partial charge on any atom is -0.493 e. The lowest BCUT2D eigenvalue weighted by Crippen LogP contribution is -2.51. The summed E-state index contributed by atoms with van der Waals surface area (Å²) in [7, 11) is 4.68. The first-order chi connectivity index (χ1) is 32.6. The molecule has 0 unspecified atom stereocenters. The molecule has 5 atom stereocenters. The van der Waals surface area contributed by atoms with Crippen LogP contribution in [0.1, 0.15) is 93.0 Å². The van der Waals surface area contributed by atoms with Crippen molar-refractivity contribution in [3.05, 3.63) is 88.8 Å². The van der Waals surface area contributed by atoms with Gasteiger partial charge in [0.15, 0.2) is 29.2 Å². The molecule has 4 aliphatic rings. The maximum absolute atomic E-state index is 14.1. The summed E-state index contributed by atoms with van der Waals surface area (Å²) >= 11 is 0. The van der Waals surface area contributed by atoms with E-state index >= 15 is 0 Å². The van der Waals surface area contributed by atoms with E-state index in [0.29, 0.717) is 59.9 Å². The standard InChI is InChI=1S/C50H61N7O11/c1-28(2)44(51-6)46(59)53-31(5)45(58)54-33-14-12-32(13-15-33)27-68-50(63)57-38-23-43(41(65-8)21-36(38)48(61)56-26-30(4)19-39(56)49(57)62)67-17-11-9-10-16-66-42-22-37-35(20-40(42)64-7)47(60)55-25-29(3)18-34(55)24-52-37/h12-15,20-26,28,31,34,39,44,49,51,62H,9-11,16-19,27H2,1-8H3,(H,53,59)(H,54,58)/t31-,34-,39-,44-,49-/m0/s1. The first-order valence-electron chi connectivity index (χ1n) is 22.9. The van der Waals surface area contributed by atoms with Crippen LogP contribution in [0.5, 0.6) is 23.0 Å². The molecule has 18 nitrogen and oxygen atoms in total. The number of amides is 5. The van der Waals surface area contributed by atoms with Crippen molar-refractivity contribution in [3.63, 3.8) is 0 Å². The van der Waals surface area contributed by atoms with Gasteiger partial charge < -0.3 is 54.5 Å². The van der Waals surface area contributed by atoms with E-state index in [2.05, 4.69) is 20.9 Å². The zero-order valence-electron chi connectivity index (χ0n) is 39.8. The molecule has 0 saturated heterocycles. The second kappa shape index (κ2) is 21.4. The third-order valence-electron chi connectivity index (χ3n) is 12.3. The number of anilines is 2. The Kier molecular flexibility index (Phi) is 15.4. The summed E-state index contributed by atoms with van der Waals surface area (Å²) in [4.78, 5) is 75.8. The van der Waals surface area contributed by atoms with Crippen LogP contribution in [0.15, 0.2) is 77.1 Å². The molecule has 0 bridgehead atoms. The Morgan fingerprint density at radius 1 is 0.794 bits per heavy atom. The predicted molar refractivity (Wildman–Crippen MR) is 255 cm³/mol. The van der Waals surface area contributed by atoms with Crippen LogP contribution in [0.3, 0.4) is 0 Å². The highest BCUT2D eigenvalue weighted by atomic mass is 16.6. The fourth-order valence-electron chi connectivity index (χ4n) is 8.71. The molecule has 5 amide bonds. The van der Waals surface area contributed by atoms with Crippen LogP contribution in [-0.2, 0) is 20.9 Å². The van der Waals surface area contributed by atoms with Crippen LogP contribution in [-0.4, -0.2) is 116 Å². The van der Waals surface area contributed by atoms with Gasteiger partial charge in [-0.25, -0.2) is 9.69 Å². The zero-order valence-corrected chi connectivity index (χ0v) is 39.8. The van der Waals surface area contributed by atoms with Gasteiger partial charge in [0.1, 0.15) is 12.6 Å². The molecule has 3 aromatic carbocycles. The van der Waals surface area contributed by atoms with E-state index in [1.807, 2.05) is 33.9 Å². The monoisotopic (exact) mass is 935 g/mol. The number of carbonyl (C=O) groups excluding carboxylic acids is 5. The molecule has 0 aliphatic carbocycles. The maximum Gasteiger partial charge on any atom is 0.416 e. The molecule has 362 valence electrons. The molecule has 0 spiro atoms. The number of rotatable bonds is 18. The molecule has 4 heterocycles. The summed E-state index contributed by atoms with van der Waals surface area (Å²) in [5, 5.41) is 20.3. The van der Waals surface area contributed by atoms with Crippen LogP contribution in [0.2, 0.25) is 0 Å². The van der Waals surface area contributed by atoms with Gasteiger partial charge in [0.25, 0.3) is 11.8 Å². The minimum absolute atomic E-state index is 0.0305. The van der Waals surface area contributed by atoms with Gasteiger partial charge in [0.05, 0.1) is 68.1 Å². The number of likely N-dealkylation sites (N-methyl/N-ethyl adjacent to an activating group) is 1. The normalized spacial score (nSPS) is 19.1. The Bertz CT molecular complexity index is 2500. The van der Waals surface area contributed by atoms with E-state index in [1.165, 1.54) is 31.3 Å². The predicted octanol–water partition coefficient (Wildman–Crippen LogP) is 6.45. The van der Waals surface area contributed by atoms with Gasteiger partial charge in [-0.05, 0) is 95.7 Å². The van der Waals surface area contributed by atoms with E-state index in [9.17, 15) is 29.1 Å². The number of aliphatic hydroxyl groups is 1. The number of ether oxygens (including phenoxy) is 5. The first-order valence-corrected chi connectivity index (χ1v) is 22.9. The number of fused-ring (bicyclic) bond motifs is 4. The molecule has 3 aromatic rings. The number of aliphatic hydroxyl groups excluding tert-OH is 1. The summed E-state index contributed by atoms with van der Waals surface area (Å²) in [6.07, 6.45) is 6.06. The Morgan fingerprint density at radius 2 is 1.41 bits per heavy atom. The van der Waals surface area contributed by atoms with Gasteiger partial charge in [0, 0.05) is 36.4 Å². The number of hydrogen-bond donors (Lipinski definition) is 4. The topological polar surface area (TPSA) is 210 Å². The fourth-order valence-corrected chi connectivity index (χ4v) is 8.71. The summed E-state index contributed by atoms with van der Waals surface area (Å²) in [5.74, 6) is 0.244. The highest BCUT2D eigenvalue weighted by Gasteiger charge is 2.45. The highest BCUT2D eigenvalue weighted by molar-refractivity contribution is 6.07. The number of hydrogen-bond acceptors (Lipinski definition) is 13. The van der Waals surface area contributed by atoms with Crippen molar-refractivity contribution in [3.8, 4) is 23.0 Å². The Balaban J connectivity index is 0.973. The Labute approximate surface area is 396 Å². The van der Waals surface area contributed by atoms with Crippen LogP contribution in [0.25, 0.3) is 0 Å². The fraction of sp³-hybridized carbons (Fsp3) is 0.440. The number of unbranched alkanes of at least 4 members (excludes halogenated alkanes) is 2. The molecular weight excluding hydrogens is 875 g/mol. The molecular formula is C50H61N7O11.